The number of sulfonamides is 1. The highest BCUT2D eigenvalue weighted by Crippen LogP contribution is 2.19. The van der Waals surface area contributed by atoms with Crippen LogP contribution < -0.4 is 4.72 Å². The summed E-state index contributed by atoms with van der Waals surface area (Å²) in [6.07, 6.45) is 7.88. The fourth-order valence-corrected chi connectivity index (χ4v) is 4.30. The summed E-state index contributed by atoms with van der Waals surface area (Å²) in [5.41, 5.74) is 1.08. The van der Waals surface area contributed by atoms with Gasteiger partial charge in [0.05, 0.1) is 4.90 Å². The third-order valence-corrected chi connectivity index (χ3v) is 6.00. The van der Waals surface area contributed by atoms with Gasteiger partial charge >= 0.3 is 0 Å². The maximum atomic E-state index is 12.4. The van der Waals surface area contributed by atoms with Crippen molar-refractivity contribution >= 4 is 26.0 Å². The third kappa shape index (κ3) is 4.57. The summed E-state index contributed by atoms with van der Waals surface area (Å²) < 4.78 is 27.6. The molecule has 0 aliphatic heterocycles. The zero-order valence-corrected chi connectivity index (χ0v) is 14.0. The van der Waals surface area contributed by atoms with Crippen molar-refractivity contribution in [1.82, 2.24) is 4.72 Å². The number of hydrogen-bond acceptors (Lipinski definition) is 2. The quantitative estimate of drug-likeness (QED) is 0.826. The molecule has 0 bridgehead atoms. The third-order valence-electron chi connectivity index (χ3n) is 3.81. The molecule has 2 rings (SSSR count). The van der Waals surface area contributed by atoms with Crippen molar-refractivity contribution in [3.05, 3.63) is 29.8 Å². The summed E-state index contributed by atoms with van der Waals surface area (Å²) in [7, 11) is -3.38. The van der Waals surface area contributed by atoms with Crippen molar-refractivity contribution in [2.45, 2.75) is 61.2 Å². The largest absolute Gasteiger partial charge is 0.240 e. The standard InChI is InChI=1S/C15H22BrNO2S/c16-12-13-8-10-15(11-9-13)20(18,19)17-14-6-4-2-1-3-5-7-14/h8-11,14,17H,1-7,12H2. The summed E-state index contributed by atoms with van der Waals surface area (Å²) in [6, 6.07) is 7.16. The van der Waals surface area contributed by atoms with Gasteiger partial charge in [0, 0.05) is 11.4 Å². The Morgan fingerprint density at radius 1 is 1.00 bits per heavy atom. The molecule has 5 heteroatoms. The molecule has 0 atom stereocenters. The van der Waals surface area contributed by atoms with Crippen molar-refractivity contribution in [2.24, 2.45) is 0 Å². The summed E-state index contributed by atoms with van der Waals surface area (Å²) in [4.78, 5) is 0.365. The van der Waals surface area contributed by atoms with Gasteiger partial charge in [-0.3, -0.25) is 0 Å². The van der Waals surface area contributed by atoms with E-state index in [1.807, 2.05) is 12.1 Å². The van der Waals surface area contributed by atoms with Crippen LogP contribution in [0.2, 0.25) is 0 Å². The first-order valence-corrected chi connectivity index (χ1v) is 9.89. The van der Waals surface area contributed by atoms with Crippen LogP contribution in [0.15, 0.2) is 29.2 Å². The van der Waals surface area contributed by atoms with E-state index in [0.29, 0.717) is 4.90 Å². The molecule has 0 spiro atoms. The normalized spacial score (nSPS) is 18.4. The van der Waals surface area contributed by atoms with Gasteiger partial charge in [0.25, 0.3) is 0 Å². The van der Waals surface area contributed by atoms with Crippen LogP contribution in [0, 0.1) is 0 Å². The number of hydrogen-bond donors (Lipinski definition) is 1. The minimum absolute atomic E-state index is 0.0937. The zero-order chi connectivity index (χ0) is 14.4. The van der Waals surface area contributed by atoms with E-state index >= 15 is 0 Å². The molecule has 0 unspecified atom stereocenters. The number of halogens is 1. The maximum Gasteiger partial charge on any atom is 0.240 e. The topological polar surface area (TPSA) is 46.2 Å². The van der Waals surface area contributed by atoms with Crippen molar-refractivity contribution in [2.75, 3.05) is 0 Å². The molecule has 0 radical (unpaired) electrons. The Morgan fingerprint density at radius 2 is 1.55 bits per heavy atom. The Balaban J connectivity index is 2.04. The minimum Gasteiger partial charge on any atom is -0.208 e. The van der Waals surface area contributed by atoms with E-state index in [2.05, 4.69) is 20.7 Å². The summed E-state index contributed by atoms with van der Waals surface area (Å²) >= 11 is 3.36. The summed E-state index contributed by atoms with van der Waals surface area (Å²) in [6.45, 7) is 0. The van der Waals surface area contributed by atoms with Gasteiger partial charge in [-0.2, -0.15) is 0 Å². The number of benzene rings is 1. The maximum absolute atomic E-state index is 12.4. The minimum atomic E-state index is -3.38. The predicted octanol–water partition coefficient (Wildman–Crippen LogP) is 3.97. The summed E-state index contributed by atoms with van der Waals surface area (Å²) in [5.74, 6) is 0. The molecular weight excluding hydrogens is 338 g/mol. The Kier molecular flexibility index (Phi) is 6.05. The average Bonchev–Trinajstić information content (AvgIpc) is 2.42. The van der Waals surface area contributed by atoms with Crippen LogP contribution in [0.3, 0.4) is 0 Å². The Morgan fingerprint density at radius 3 is 2.10 bits per heavy atom. The number of nitrogens with one attached hydrogen (secondary N) is 1. The van der Waals surface area contributed by atoms with E-state index in [0.717, 1.165) is 36.6 Å². The van der Waals surface area contributed by atoms with Gasteiger partial charge in [-0.25, -0.2) is 13.1 Å². The van der Waals surface area contributed by atoms with E-state index in [9.17, 15) is 8.42 Å². The Bertz CT molecular complexity index is 505. The molecule has 112 valence electrons. The molecule has 1 aromatic carbocycles. The van der Waals surface area contributed by atoms with Gasteiger partial charge in [0.1, 0.15) is 0 Å². The lowest BCUT2D eigenvalue weighted by Crippen LogP contribution is -2.35. The average molecular weight is 360 g/mol. The van der Waals surface area contributed by atoms with Gasteiger partial charge in [0.15, 0.2) is 0 Å². The van der Waals surface area contributed by atoms with Gasteiger partial charge in [-0.05, 0) is 30.5 Å². The lowest BCUT2D eigenvalue weighted by atomic mass is 9.97. The van der Waals surface area contributed by atoms with Crippen molar-refractivity contribution in [1.29, 1.82) is 0 Å². The van der Waals surface area contributed by atoms with Crippen LogP contribution in [-0.4, -0.2) is 14.5 Å². The highest BCUT2D eigenvalue weighted by Gasteiger charge is 2.20. The molecule has 1 N–H and O–H groups in total. The van der Waals surface area contributed by atoms with Crippen LogP contribution in [0.1, 0.15) is 50.5 Å². The van der Waals surface area contributed by atoms with Gasteiger partial charge in [-0.1, -0.05) is 60.2 Å². The molecule has 0 heterocycles. The molecular formula is C15H22BrNO2S. The Hall–Kier alpha value is -0.390. The van der Waals surface area contributed by atoms with Gasteiger partial charge < -0.3 is 0 Å². The predicted molar refractivity (Wildman–Crippen MR) is 85.5 cm³/mol. The molecule has 0 aromatic heterocycles. The second-order valence-electron chi connectivity index (χ2n) is 5.44. The second-order valence-corrected chi connectivity index (χ2v) is 7.72. The van der Waals surface area contributed by atoms with Crippen LogP contribution in [-0.2, 0) is 15.4 Å². The first-order valence-electron chi connectivity index (χ1n) is 7.29. The highest BCUT2D eigenvalue weighted by atomic mass is 79.9. The van der Waals surface area contributed by atoms with E-state index < -0.39 is 10.0 Å². The number of rotatable bonds is 4. The molecule has 1 saturated carbocycles. The van der Waals surface area contributed by atoms with E-state index in [-0.39, 0.29) is 6.04 Å². The smallest absolute Gasteiger partial charge is 0.208 e. The zero-order valence-electron chi connectivity index (χ0n) is 11.6. The monoisotopic (exact) mass is 359 g/mol. The molecule has 20 heavy (non-hydrogen) atoms. The summed E-state index contributed by atoms with van der Waals surface area (Å²) in [5, 5.41) is 0.739. The van der Waals surface area contributed by atoms with E-state index in [1.165, 1.54) is 19.3 Å². The van der Waals surface area contributed by atoms with Crippen LogP contribution in [0.25, 0.3) is 0 Å². The highest BCUT2D eigenvalue weighted by molar-refractivity contribution is 9.08. The lowest BCUT2D eigenvalue weighted by Gasteiger charge is -2.21. The first-order chi connectivity index (χ1) is 9.62. The van der Waals surface area contributed by atoms with Crippen LogP contribution >= 0.6 is 15.9 Å². The molecule has 0 amide bonds. The van der Waals surface area contributed by atoms with Crippen LogP contribution in [0.4, 0.5) is 0 Å². The van der Waals surface area contributed by atoms with Gasteiger partial charge in [-0.15, -0.1) is 0 Å². The van der Waals surface area contributed by atoms with E-state index in [4.69, 9.17) is 0 Å². The number of alkyl halides is 1. The van der Waals surface area contributed by atoms with Crippen molar-refractivity contribution in [3.8, 4) is 0 Å². The molecule has 0 saturated heterocycles. The van der Waals surface area contributed by atoms with E-state index in [1.54, 1.807) is 12.1 Å². The van der Waals surface area contributed by atoms with Crippen molar-refractivity contribution < 1.29 is 8.42 Å². The fourth-order valence-electron chi connectivity index (χ4n) is 2.62. The van der Waals surface area contributed by atoms with Crippen molar-refractivity contribution in [3.63, 3.8) is 0 Å². The second kappa shape index (κ2) is 7.57. The van der Waals surface area contributed by atoms with Gasteiger partial charge in [0.2, 0.25) is 10.0 Å². The SMILES string of the molecule is O=S(=O)(NC1CCCCCCC1)c1ccc(CBr)cc1. The Labute approximate surface area is 130 Å². The molecule has 3 nitrogen and oxygen atoms in total. The first kappa shape index (κ1) is 16.0. The molecule has 1 aromatic rings. The molecule has 1 fully saturated rings. The lowest BCUT2D eigenvalue weighted by molar-refractivity contribution is 0.426. The molecule has 1 aliphatic carbocycles. The fraction of sp³-hybridized carbons (Fsp3) is 0.600. The van der Waals surface area contributed by atoms with Crippen LogP contribution in [0.5, 0.6) is 0 Å². The molecule has 1 aliphatic rings.